The molecular weight excluding hydrogens is 456 g/mol. The van der Waals surface area contributed by atoms with E-state index in [-0.39, 0.29) is 22.6 Å². The molecule has 1 aliphatic rings. The van der Waals surface area contributed by atoms with Gasteiger partial charge in [0.2, 0.25) is 15.9 Å². The molecule has 0 bridgehead atoms. The number of piperidine rings is 1. The molecule has 10 heteroatoms. The molecule has 3 aromatic rings. The number of nitrogens with zero attached hydrogens (tertiary/aromatic N) is 3. The van der Waals surface area contributed by atoms with Gasteiger partial charge in [0.1, 0.15) is 6.04 Å². The van der Waals surface area contributed by atoms with Gasteiger partial charge in [0.05, 0.1) is 15.8 Å². The largest absolute Gasteiger partial charge is 0.341 e. The zero-order chi connectivity index (χ0) is 24.5. The molecule has 180 valence electrons. The van der Waals surface area contributed by atoms with Crippen LogP contribution >= 0.6 is 0 Å². The van der Waals surface area contributed by atoms with E-state index in [1.54, 1.807) is 4.90 Å². The number of carbonyl (C=O) groups excluding carboxylic acids is 1. The summed E-state index contributed by atoms with van der Waals surface area (Å²) in [5.74, 6) is -0.258. The van der Waals surface area contributed by atoms with Crippen LogP contribution in [0.25, 0.3) is 10.9 Å². The van der Waals surface area contributed by atoms with Crippen molar-refractivity contribution in [1.29, 1.82) is 0 Å². The zero-order valence-corrected chi connectivity index (χ0v) is 20.0. The van der Waals surface area contributed by atoms with Crippen LogP contribution in [0.2, 0.25) is 0 Å². The van der Waals surface area contributed by atoms with Crippen molar-refractivity contribution in [1.82, 2.24) is 18.8 Å². The lowest BCUT2D eigenvalue weighted by Gasteiger charge is -2.30. The van der Waals surface area contributed by atoms with E-state index >= 15 is 0 Å². The molecule has 9 nitrogen and oxygen atoms in total. The Balaban J connectivity index is 1.71. The van der Waals surface area contributed by atoms with Crippen molar-refractivity contribution in [2.75, 3.05) is 13.1 Å². The van der Waals surface area contributed by atoms with Crippen LogP contribution in [0.15, 0.2) is 63.0 Å². The third-order valence-electron chi connectivity index (χ3n) is 6.29. The van der Waals surface area contributed by atoms with Crippen molar-refractivity contribution in [2.24, 2.45) is 14.1 Å². The number of carbonyl (C=O) groups is 1. The molecule has 2 aromatic carbocycles. The van der Waals surface area contributed by atoms with E-state index in [0.29, 0.717) is 18.6 Å². The summed E-state index contributed by atoms with van der Waals surface area (Å²) in [5, 5.41) is 0.106. The monoisotopic (exact) mass is 484 g/mol. The van der Waals surface area contributed by atoms with E-state index in [4.69, 9.17) is 0 Å². The molecule has 4 rings (SSSR count). The minimum absolute atomic E-state index is 0.106. The van der Waals surface area contributed by atoms with Crippen LogP contribution in [0.5, 0.6) is 0 Å². The topological polar surface area (TPSA) is 110 Å². The molecule has 0 aliphatic carbocycles. The van der Waals surface area contributed by atoms with Crippen molar-refractivity contribution in [3.05, 3.63) is 74.9 Å². The number of likely N-dealkylation sites (tertiary alicyclic amines) is 1. The van der Waals surface area contributed by atoms with Gasteiger partial charge in [0.15, 0.2) is 0 Å². The van der Waals surface area contributed by atoms with Crippen molar-refractivity contribution < 1.29 is 13.2 Å². The molecule has 1 amide bonds. The fourth-order valence-electron chi connectivity index (χ4n) is 4.36. The summed E-state index contributed by atoms with van der Waals surface area (Å²) in [6.45, 7) is 1.21. The SMILES string of the molecule is Cn1c(=O)c2cc(S(=O)(=O)NC(Cc3ccccc3)C(=O)N3CCCCC3)ccc2n(C)c1=O. The minimum Gasteiger partial charge on any atom is -0.341 e. The highest BCUT2D eigenvalue weighted by atomic mass is 32.2. The molecular formula is C24H28N4O5S. The Bertz CT molecular complexity index is 1440. The first-order valence-electron chi connectivity index (χ1n) is 11.2. The van der Waals surface area contributed by atoms with E-state index in [1.165, 1.54) is 36.9 Å². The quantitative estimate of drug-likeness (QED) is 0.564. The van der Waals surface area contributed by atoms with Gasteiger partial charge in [-0.3, -0.25) is 18.7 Å². The normalized spacial score (nSPS) is 15.4. The lowest BCUT2D eigenvalue weighted by Crippen LogP contribution is -2.51. The van der Waals surface area contributed by atoms with Gasteiger partial charge >= 0.3 is 5.69 Å². The van der Waals surface area contributed by atoms with E-state index < -0.39 is 27.3 Å². The Morgan fingerprint density at radius 1 is 0.971 bits per heavy atom. The Kier molecular flexibility index (Phi) is 6.72. The maximum absolute atomic E-state index is 13.4. The first-order chi connectivity index (χ1) is 16.2. The molecule has 1 aromatic heterocycles. The highest BCUT2D eigenvalue weighted by molar-refractivity contribution is 7.89. The predicted octanol–water partition coefficient (Wildman–Crippen LogP) is 1.14. The second kappa shape index (κ2) is 9.55. The molecule has 1 aliphatic heterocycles. The highest BCUT2D eigenvalue weighted by Crippen LogP contribution is 2.18. The van der Waals surface area contributed by atoms with Gasteiger partial charge in [0, 0.05) is 27.2 Å². The zero-order valence-electron chi connectivity index (χ0n) is 19.2. The van der Waals surface area contributed by atoms with Crippen LogP contribution in [0.3, 0.4) is 0 Å². The van der Waals surface area contributed by atoms with Crippen molar-refractivity contribution in [3.8, 4) is 0 Å². The smallest absolute Gasteiger partial charge is 0.330 e. The molecule has 1 atom stereocenters. The number of rotatable bonds is 6. The first-order valence-corrected chi connectivity index (χ1v) is 12.7. The Hall–Kier alpha value is -3.24. The fraction of sp³-hybridized carbons (Fsp3) is 0.375. The lowest BCUT2D eigenvalue weighted by molar-refractivity contribution is -0.133. The second-order valence-corrected chi connectivity index (χ2v) is 10.3. The van der Waals surface area contributed by atoms with Crippen LogP contribution in [-0.2, 0) is 35.3 Å². The standard InChI is InChI=1S/C24H28N4O5S/c1-26-21-12-11-18(16-19(21)22(29)27(2)24(26)31)34(32,33)25-20(15-17-9-5-3-6-10-17)23(30)28-13-7-4-8-14-28/h3,5-6,9-12,16,20,25H,4,7-8,13-15H2,1-2H3. The molecule has 0 spiro atoms. The number of hydrogen-bond acceptors (Lipinski definition) is 5. The van der Waals surface area contributed by atoms with Gasteiger partial charge in [0.25, 0.3) is 5.56 Å². The van der Waals surface area contributed by atoms with Gasteiger partial charge in [-0.15, -0.1) is 0 Å². The lowest BCUT2D eigenvalue weighted by atomic mass is 10.0. The summed E-state index contributed by atoms with van der Waals surface area (Å²) in [6, 6.07) is 12.3. The minimum atomic E-state index is -4.14. The van der Waals surface area contributed by atoms with E-state index in [1.807, 2.05) is 30.3 Å². The van der Waals surface area contributed by atoms with E-state index in [0.717, 1.165) is 29.4 Å². The van der Waals surface area contributed by atoms with Crippen LogP contribution in [0.1, 0.15) is 24.8 Å². The molecule has 0 saturated carbocycles. The van der Waals surface area contributed by atoms with Crippen molar-refractivity contribution >= 4 is 26.8 Å². The van der Waals surface area contributed by atoms with Gasteiger partial charge in [-0.05, 0) is 49.4 Å². The fourth-order valence-corrected chi connectivity index (χ4v) is 5.58. The molecule has 1 unspecified atom stereocenters. The molecule has 2 heterocycles. The second-order valence-electron chi connectivity index (χ2n) is 8.63. The van der Waals surface area contributed by atoms with E-state index in [2.05, 4.69) is 4.72 Å². The number of amides is 1. The van der Waals surface area contributed by atoms with Gasteiger partial charge in [-0.25, -0.2) is 13.2 Å². The molecule has 0 radical (unpaired) electrons. The first kappa shape index (κ1) is 23.9. The summed E-state index contributed by atoms with van der Waals surface area (Å²) in [4.78, 5) is 39.7. The summed E-state index contributed by atoms with van der Waals surface area (Å²) >= 11 is 0. The Morgan fingerprint density at radius 3 is 2.32 bits per heavy atom. The number of hydrogen-bond donors (Lipinski definition) is 1. The number of fused-ring (bicyclic) bond motifs is 1. The third-order valence-corrected chi connectivity index (χ3v) is 7.76. The average molecular weight is 485 g/mol. The molecule has 1 saturated heterocycles. The van der Waals surface area contributed by atoms with Crippen molar-refractivity contribution in [2.45, 2.75) is 36.6 Å². The van der Waals surface area contributed by atoms with E-state index in [9.17, 15) is 22.8 Å². The van der Waals surface area contributed by atoms with Gasteiger partial charge in [-0.2, -0.15) is 4.72 Å². The van der Waals surface area contributed by atoms with Crippen LogP contribution in [0, 0.1) is 0 Å². The predicted molar refractivity (Wildman–Crippen MR) is 129 cm³/mol. The summed E-state index contributed by atoms with van der Waals surface area (Å²) in [5.41, 5.74) is 0.0851. The Morgan fingerprint density at radius 2 is 1.65 bits per heavy atom. The maximum atomic E-state index is 13.4. The number of benzene rings is 2. The maximum Gasteiger partial charge on any atom is 0.330 e. The van der Waals surface area contributed by atoms with Crippen molar-refractivity contribution in [3.63, 3.8) is 0 Å². The Labute approximate surface area is 197 Å². The number of aromatic nitrogens is 2. The number of sulfonamides is 1. The van der Waals surface area contributed by atoms with Crippen LogP contribution < -0.4 is 16.0 Å². The highest BCUT2D eigenvalue weighted by Gasteiger charge is 2.30. The summed E-state index contributed by atoms with van der Waals surface area (Å²) < 4.78 is 31.5. The average Bonchev–Trinajstić information content (AvgIpc) is 2.86. The van der Waals surface area contributed by atoms with Gasteiger partial charge in [-0.1, -0.05) is 30.3 Å². The molecule has 1 fully saturated rings. The number of aryl methyl sites for hydroxylation is 1. The summed E-state index contributed by atoms with van der Waals surface area (Å²) in [6.07, 6.45) is 3.04. The van der Waals surface area contributed by atoms with Crippen LogP contribution in [-0.4, -0.2) is 47.5 Å². The number of nitrogens with one attached hydrogen (secondary N) is 1. The molecule has 34 heavy (non-hydrogen) atoms. The van der Waals surface area contributed by atoms with Crippen LogP contribution in [0.4, 0.5) is 0 Å². The summed E-state index contributed by atoms with van der Waals surface area (Å²) in [7, 11) is -1.28. The van der Waals surface area contributed by atoms with Gasteiger partial charge < -0.3 is 4.90 Å². The molecule has 1 N–H and O–H groups in total. The third kappa shape index (κ3) is 4.69.